The van der Waals surface area contributed by atoms with Crippen molar-refractivity contribution in [2.45, 2.75) is 38.7 Å². The lowest BCUT2D eigenvalue weighted by molar-refractivity contribution is 0.0700. The van der Waals surface area contributed by atoms with E-state index in [-0.39, 0.29) is 6.10 Å². The van der Waals surface area contributed by atoms with Crippen LogP contribution in [0.1, 0.15) is 48.0 Å². The van der Waals surface area contributed by atoms with E-state index in [0.29, 0.717) is 10.8 Å². The van der Waals surface area contributed by atoms with Gasteiger partial charge in [0, 0.05) is 11.5 Å². The molecule has 110 valence electrons. The number of hydrogen-bond acceptors (Lipinski definition) is 4. The molecular weight excluding hydrogens is 286 g/mol. The second kappa shape index (κ2) is 5.48. The fourth-order valence-corrected chi connectivity index (χ4v) is 3.20. The van der Waals surface area contributed by atoms with Crippen LogP contribution < -0.4 is 4.74 Å². The highest BCUT2D eigenvalue weighted by Gasteiger charge is 2.32. The summed E-state index contributed by atoms with van der Waals surface area (Å²) < 4.78 is 5.68. The SMILES string of the molecule is CC(C)Oc1cccc(-c2nc(C3CC3)c(C(=O)O)s2)c1. The van der Waals surface area contributed by atoms with Gasteiger partial charge in [-0.15, -0.1) is 11.3 Å². The highest BCUT2D eigenvalue weighted by Crippen LogP contribution is 2.44. The Hall–Kier alpha value is -1.88. The van der Waals surface area contributed by atoms with Gasteiger partial charge in [-0.05, 0) is 38.8 Å². The normalized spacial score (nSPS) is 14.4. The predicted octanol–water partition coefficient (Wildman–Crippen LogP) is 4.17. The third-order valence-electron chi connectivity index (χ3n) is 3.26. The lowest BCUT2D eigenvalue weighted by Gasteiger charge is -2.09. The van der Waals surface area contributed by atoms with Gasteiger partial charge in [-0.25, -0.2) is 9.78 Å². The van der Waals surface area contributed by atoms with Crippen molar-refractivity contribution in [1.29, 1.82) is 0 Å². The van der Waals surface area contributed by atoms with Gasteiger partial charge in [0.2, 0.25) is 0 Å². The quantitative estimate of drug-likeness (QED) is 0.900. The summed E-state index contributed by atoms with van der Waals surface area (Å²) in [7, 11) is 0. The van der Waals surface area contributed by atoms with E-state index in [1.54, 1.807) is 0 Å². The Balaban J connectivity index is 1.96. The van der Waals surface area contributed by atoms with Gasteiger partial charge in [-0.1, -0.05) is 12.1 Å². The van der Waals surface area contributed by atoms with E-state index in [0.717, 1.165) is 34.9 Å². The fourth-order valence-electron chi connectivity index (χ4n) is 2.22. The van der Waals surface area contributed by atoms with Gasteiger partial charge in [0.15, 0.2) is 0 Å². The molecular formula is C16H17NO3S. The molecule has 1 aromatic carbocycles. The van der Waals surface area contributed by atoms with Crippen molar-refractivity contribution >= 4 is 17.3 Å². The van der Waals surface area contributed by atoms with Gasteiger partial charge in [-0.2, -0.15) is 0 Å². The van der Waals surface area contributed by atoms with Crippen LogP contribution in [0.3, 0.4) is 0 Å². The molecule has 1 aliphatic rings. The number of nitrogens with zero attached hydrogens (tertiary/aromatic N) is 1. The minimum Gasteiger partial charge on any atom is -0.491 e. The fraction of sp³-hybridized carbons (Fsp3) is 0.375. The molecule has 5 heteroatoms. The average Bonchev–Trinajstić information content (AvgIpc) is 3.16. The van der Waals surface area contributed by atoms with E-state index in [4.69, 9.17) is 4.74 Å². The minimum atomic E-state index is -0.879. The Kier molecular flexibility index (Phi) is 3.68. The van der Waals surface area contributed by atoms with Gasteiger partial charge in [0.1, 0.15) is 15.6 Å². The van der Waals surface area contributed by atoms with Crippen LogP contribution in [-0.4, -0.2) is 22.2 Å². The van der Waals surface area contributed by atoms with Crippen LogP contribution in [0.5, 0.6) is 5.75 Å². The van der Waals surface area contributed by atoms with Gasteiger partial charge in [0.25, 0.3) is 0 Å². The van der Waals surface area contributed by atoms with Crippen molar-refractivity contribution in [2.75, 3.05) is 0 Å². The van der Waals surface area contributed by atoms with Crippen LogP contribution in [0.4, 0.5) is 0 Å². The number of rotatable bonds is 5. The van der Waals surface area contributed by atoms with Crippen LogP contribution in [-0.2, 0) is 0 Å². The first-order valence-corrected chi connectivity index (χ1v) is 7.87. The molecule has 1 saturated carbocycles. The molecule has 1 fully saturated rings. The number of ether oxygens (including phenoxy) is 1. The van der Waals surface area contributed by atoms with Crippen molar-refractivity contribution in [1.82, 2.24) is 4.98 Å². The molecule has 0 aliphatic heterocycles. The number of aromatic carboxylic acids is 1. The van der Waals surface area contributed by atoms with E-state index in [9.17, 15) is 9.90 Å². The van der Waals surface area contributed by atoms with Gasteiger partial charge in [-0.3, -0.25) is 0 Å². The van der Waals surface area contributed by atoms with Crippen molar-refractivity contribution in [3.63, 3.8) is 0 Å². The first kappa shape index (κ1) is 14.1. The molecule has 1 aliphatic carbocycles. The van der Waals surface area contributed by atoms with Crippen molar-refractivity contribution < 1.29 is 14.6 Å². The second-order valence-electron chi connectivity index (χ2n) is 5.51. The van der Waals surface area contributed by atoms with Crippen LogP contribution in [0.15, 0.2) is 24.3 Å². The summed E-state index contributed by atoms with van der Waals surface area (Å²) in [5.74, 6) is 0.231. The molecule has 0 bridgehead atoms. The highest BCUT2D eigenvalue weighted by atomic mass is 32.1. The molecule has 0 atom stereocenters. The smallest absolute Gasteiger partial charge is 0.347 e. The van der Waals surface area contributed by atoms with Crippen molar-refractivity contribution in [3.8, 4) is 16.3 Å². The number of hydrogen-bond donors (Lipinski definition) is 1. The van der Waals surface area contributed by atoms with Gasteiger partial charge >= 0.3 is 5.97 Å². The molecule has 0 saturated heterocycles. The average molecular weight is 303 g/mol. The molecule has 1 aromatic heterocycles. The number of aromatic nitrogens is 1. The zero-order chi connectivity index (χ0) is 15.0. The molecule has 2 aromatic rings. The van der Waals surface area contributed by atoms with Crippen LogP contribution >= 0.6 is 11.3 Å². The van der Waals surface area contributed by atoms with E-state index in [2.05, 4.69) is 4.98 Å². The summed E-state index contributed by atoms with van der Waals surface area (Å²) in [6.45, 7) is 3.95. The van der Waals surface area contributed by atoms with E-state index >= 15 is 0 Å². The van der Waals surface area contributed by atoms with E-state index in [1.165, 1.54) is 11.3 Å². The third kappa shape index (κ3) is 3.08. The molecule has 0 spiro atoms. The summed E-state index contributed by atoms with van der Waals surface area (Å²) >= 11 is 1.25. The number of carboxylic acid groups (broad SMARTS) is 1. The largest absolute Gasteiger partial charge is 0.491 e. The predicted molar refractivity (Wildman–Crippen MR) is 82.2 cm³/mol. The minimum absolute atomic E-state index is 0.105. The molecule has 1 heterocycles. The summed E-state index contributed by atoms with van der Waals surface area (Å²) in [6.07, 6.45) is 2.19. The molecule has 1 N–H and O–H groups in total. The van der Waals surface area contributed by atoms with Crippen molar-refractivity contribution in [2.24, 2.45) is 0 Å². The topological polar surface area (TPSA) is 59.4 Å². The molecule has 0 radical (unpaired) electrons. The maximum absolute atomic E-state index is 11.4. The molecule has 0 unspecified atom stereocenters. The number of carboxylic acids is 1. The summed E-state index contributed by atoms with van der Waals surface area (Å²) in [5.41, 5.74) is 1.66. The van der Waals surface area contributed by atoms with Crippen LogP contribution in [0.25, 0.3) is 10.6 Å². The number of thiazole rings is 1. The van der Waals surface area contributed by atoms with E-state index in [1.807, 2.05) is 38.1 Å². The number of benzene rings is 1. The summed E-state index contributed by atoms with van der Waals surface area (Å²) in [5, 5.41) is 10.1. The highest BCUT2D eigenvalue weighted by molar-refractivity contribution is 7.17. The second-order valence-corrected chi connectivity index (χ2v) is 6.51. The Morgan fingerprint density at radius 1 is 1.43 bits per heavy atom. The first-order valence-electron chi connectivity index (χ1n) is 7.05. The maximum atomic E-state index is 11.4. The van der Waals surface area contributed by atoms with Crippen LogP contribution in [0, 0.1) is 0 Å². The maximum Gasteiger partial charge on any atom is 0.347 e. The molecule has 21 heavy (non-hydrogen) atoms. The molecule has 3 rings (SSSR count). The van der Waals surface area contributed by atoms with E-state index < -0.39 is 5.97 Å². The monoisotopic (exact) mass is 303 g/mol. The zero-order valence-electron chi connectivity index (χ0n) is 12.0. The van der Waals surface area contributed by atoms with Crippen molar-refractivity contribution in [3.05, 3.63) is 34.8 Å². The van der Waals surface area contributed by atoms with Crippen LogP contribution in [0.2, 0.25) is 0 Å². The summed E-state index contributed by atoms with van der Waals surface area (Å²) in [4.78, 5) is 16.3. The summed E-state index contributed by atoms with van der Waals surface area (Å²) in [6, 6.07) is 7.66. The van der Waals surface area contributed by atoms with Gasteiger partial charge < -0.3 is 9.84 Å². The molecule has 4 nitrogen and oxygen atoms in total. The Bertz CT molecular complexity index is 674. The zero-order valence-corrected chi connectivity index (χ0v) is 12.8. The first-order chi connectivity index (χ1) is 10.0. The standard InChI is InChI=1S/C16H17NO3S/c1-9(2)20-12-5-3-4-11(8-12)15-17-13(10-6-7-10)14(21-15)16(18)19/h3-5,8-10H,6-7H2,1-2H3,(H,18,19). The van der Waals surface area contributed by atoms with Gasteiger partial charge in [0.05, 0.1) is 11.8 Å². The Morgan fingerprint density at radius 2 is 2.19 bits per heavy atom. The number of carbonyl (C=O) groups is 1. The Morgan fingerprint density at radius 3 is 2.81 bits per heavy atom. The lowest BCUT2D eigenvalue weighted by atomic mass is 10.2. The molecule has 0 amide bonds. The lowest BCUT2D eigenvalue weighted by Crippen LogP contribution is -2.05. The Labute approximate surface area is 127 Å². The third-order valence-corrected chi connectivity index (χ3v) is 4.37.